The Bertz CT molecular complexity index is 1040. The summed E-state index contributed by atoms with van der Waals surface area (Å²) in [7, 11) is 0. The third-order valence-corrected chi connectivity index (χ3v) is 5.39. The number of nitrogens with zero attached hydrogens (tertiary/aromatic N) is 4. The van der Waals surface area contributed by atoms with Crippen molar-refractivity contribution in [2.45, 2.75) is 31.7 Å². The highest BCUT2D eigenvalue weighted by atomic mass is 19.4. The molecule has 0 aromatic carbocycles. The maximum Gasteiger partial charge on any atom is 0.490 e. The van der Waals surface area contributed by atoms with Gasteiger partial charge >= 0.3 is 24.3 Å². The SMILES string of the molecule is O=C(O)C(F)(F)F.O=C(O)C(F)(F)F.O=C1CC2(CCN(Cc3ccccn3)C2)CN1c1cccnc1. The first-order chi connectivity index (χ1) is 17.1. The van der Waals surface area contributed by atoms with Crippen molar-refractivity contribution in [2.75, 3.05) is 24.5 Å². The van der Waals surface area contributed by atoms with Crippen LogP contribution in [0.25, 0.3) is 0 Å². The quantitative estimate of drug-likeness (QED) is 0.573. The van der Waals surface area contributed by atoms with Gasteiger partial charge in [-0.15, -0.1) is 0 Å². The standard InChI is InChI=1S/C18H20N4O.2C2HF3O2/c23-17-10-18(14-22(17)16-5-3-7-19-11-16)6-9-21(13-18)12-15-4-1-2-8-20-15;2*3-2(4,5)1(6)7/h1-5,7-8,11H,6,9-10,12-14H2;2*(H,6,7). The summed E-state index contributed by atoms with van der Waals surface area (Å²) in [5.74, 6) is -5.29. The normalized spacial score (nSPS) is 19.6. The first-order valence-electron chi connectivity index (χ1n) is 10.6. The molecule has 2 fully saturated rings. The topological polar surface area (TPSA) is 124 Å². The number of halogens is 6. The van der Waals surface area contributed by atoms with Crippen LogP contribution in [-0.4, -0.2) is 74.9 Å². The van der Waals surface area contributed by atoms with E-state index in [1.54, 1.807) is 12.4 Å². The maximum atomic E-state index is 12.5. The molecule has 2 aliphatic heterocycles. The van der Waals surface area contributed by atoms with Crippen LogP contribution in [0.1, 0.15) is 18.5 Å². The molecule has 37 heavy (non-hydrogen) atoms. The lowest BCUT2D eigenvalue weighted by Gasteiger charge is -2.24. The first kappa shape index (κ1) is 29.5. The molecule has 4 rings (SSSR count). The van der Waals surface area contributed by atoms with E-state index < -0.39 is 24.3 Å². The molecule has 2 saturated heterocycles. The molecule has 0 bridgehead atoms. The lowest BCUT2D eigenvalue weighted by molar-refractivity contribution is -0.193. The van der Waals surface area contributed by atoms with Gasteiger partial charge in [0.25, 0.3) is 0 Å². The number of hydrogen-bond donors (Lipinski definition) is 2. The Labute approximate surface area is 206 Å². The van der Waals surface area contributed by atoms with Crippen molar-refractivity contribution >= 4 is 23.5 Å². The molecular weight excluding hydrogens is 514 g/mol. The van der Waals surface area contributed by atoms with E-state index in [1.807, 2.05) is 35.4 Å². The van der Waals surface area contributed by atoms with Gasteiger partial charge in [0.1, 0.15) is 0 Å². The number of likely N-dealkylation sites (tertiary alicyclic amines) is 1. The van der Waals surface area contributed by atoms with Crippen molar-refractivity contribution < 1.29 is 50.9 Å². The molecule has 1 unspecified atom stereocenters. The molecule has 1 atom stereocenters. The molecule has 2 N–H and O–H groups in total. The number of alkyl halides is 6. The molecule has 1 amide bonds. The summed E-state index contributed by atoms with van der Waals surface area (Å²) in [5, 5.41) is 14.2. The maximum absolute atomic E-state index is 12.5. The number of aromatic nitrogens is 2. The van der Waals surface area contributed by atoms with Crippen molar-refractivity contribution in [1.82, 2.24) is 14.9 Å². The predicted molar refractivity (Wildman–Crippen MR) is 115 cm³/mol. The number of carboxylic acids is 2. The van der Waals surface area contributed by atoms with Crippen molar-refractivity contribution in [2.24, 2.45) is 5.41 Å². The molecule has 0 radical (unpaired) electrons. The van der Waals surface area contributed by atoms with Gasteiger partial charge in [-0.25, -0.2) is 9.59 Å². The molecule has 0 aliphatic carbocycles. The smallest absolute Gasteiger partial charge is 0.475 e. The molecule has 0 saturated carbocycles. The number of hydrogen-bond acceptors (Lipinski definition) is 6. The minimum absolute atomic E-state index is 0.0850. The predicted octanol–water partition coefficient (Wildman–Crippen LogP) is 3.37. The first-order valence-corrected chi connectivity index (χ1v) is 10.6. The number of pyridine rings is 2. The minimum atomic E-state index is -5.08. The van der Waals surface area contributed by atoms with E-state index in [1.165, 1.54) is 0 Å². The molecule has 202 valence electrons. The van der Waals surface area contributed by atoms with Gasteiger partial charge in [0, 0.05) is 43.9 Å². The van der Waals surface area contributed by atoms with Gasteiger partial charge < -0.3 is 15.1 Å². The summed E-state index contributed by atoms with van der Waals surface area (Å²) in [5.41, 5.74) is 2.09. The molecule has 2 aliphatic rings. The summed E-state index contributed by atoms with van der Waals surface area (Å²) >= 11 is 0. The zero-order valence-electron chi connectivity index (χ0n) is 19.0. The third kappa shape index (κ3) is 9.00. The Kier molecular flexibility index (Phi) is 9.55. The van der Waals surface area contributed by atoms with Crippen LogP contribution < -0.4 is 4.90 Å². The second-order valence-electron chi connectivity index (χ2n) is 8.26. The lowest BCUT2D eigenvalue weighted by Crippen LogP contribution is -2.31. The van der Waals surface area contributed by atoms with Crippen LogP contribution in [0.4, 0.5) is 32.0 Å². The number of amides is 1. The minimum Gasteiger partial charge on any atom is -0.475 e. The van der Waals surface area contributed by atoms with E-state index >= 15 is 0 Å². The van der Waals surface area contributed by atoms with Crippen molar-refractivity contribution in [1.29, 1.82) is 0 Å². The van der Waals surface area contributed by atoms with Gasteiger partial charge in [0.15, 0.2) is 0 Å². The summed E-state index contributed by atoms with van der Waals surface area (Å²) in [6, 6.07) is 9.88. The highest BCUT2D eigenvalue weighted by Gasteiger charge is 2.47. The van der Waals surface area contributed by atoms with E-state index in [2.05, 4.69) is 20.9 Å². The van der Waals surface area contributed by atoms with E-state index in [-0.39, 0.29) is 11.3 Å². The summed E-state index contributed by atoms with van der Waals surface area (Å²) in [6.07, 6.45) is -3.10. The van der Waals surface area contributed by atoms with Crippen LogP contribution >= 0.6 is 0 Å². The van der Waals surface area contributed by atoms with Crippen LogP contribution in [0, 0.1) is 5.41 Å². The molecule has 2 aromatic rings. The third-order valence-electron chi connectivity index (χ3n) is 5.39. The van der Waals surface area contributed by atoms with Gasteiger partial charge in [-0.05, 0) is 37.2 Å². The van der Waals surface area contributed by atoms with Gasteiger partial charge in [-0.1, -0.05) is 6.07 Å². The van der Waals surface area contributed by atoms with Gasteiger partial charge in [-0.3, -0.25) is 19.7 Å². The Balaban J connectivity index is 0.000000286. The van der Waals surface area contributed by atoms with E-state index in [4.69, 9.17) is 19.8 Å². The molecule has 9 nitrogen and oxygen atoms in total. The largest absolute Gasteiger partial charge is 0.490 e. The Morgan fingerprint density at radius 2 is 1.57 bits per heavy atom. The average molecular weight is 536 g/mol. The molecule has 2 aromatic heterocycles. The van der Waals surface area contributed by atoms with Crippen molar-refractivity contribution in [3.8, 4) is 0 Å². The number of rotatable bonds is 3. The molecule has 4 heterocycles. The van der Waals surface area contributed by atoms with Crippen LogP contribution in [0.3, 0.4) is 0 Å². The summed E-state index contributed by atoms with van der Waals surface area (Å²) < 4.78 is 63.5. The zero-order chi connectivity index (χ0) is 27.9. The number of carboxylic acid groups (broad SMARTS) is 2. The van der Waals surface area contributed by atoms with Crippen LogP contribution in [0.2, 0.25) is 0 Å². The van der Waals surface area contributed by atoms with Crippen molar-refractivity contribution in [3.63, 3.8) is 0 Å². The van der Waals surface area contributed by atoms with E-state index in [9.17, 15) is 31.1 Å². The van der Waals surface area contributed by atoms with Gasteiger partial charge in [0.05, 0.1) is 17.6 Å². The fourth-order valence-electron chi connectivity index (χ4n) is 3.80. The second-order valence-corrected chi connectivity index (χ2v) is 8.26. The Morgan fingerprint density at radius 3 is 2.05 bits per heavy atom. The van der Waals surface area contributed by atoms with Crippen LogP contribution in [0.5, 0.6) is 0 Å². The van der Waals surface area contributed by atoms with Gasteiger partial charge in [0.2, 0.25) is 5.91 Å². The van der Waals surface area contributed by atoms with Crippen LogP contribution in [0.15, 0.2) is 48.9 Å². The number of carbonyl (C=O) groups is 3. The zero-order valence-corrected chi connectivity index (χ0v) is 19.0. The highest BCUT2D eigenvalue weighted by molar-refractivity contribution is 5.96. The fourth-order valence-corrected chi connectivity index (χ4v) is 3.80. The van der Waals surface area contributed by atoms with E-state index in [0.717, 1.165) is 44.0 Å². The van der Waals surface area contributed by atoms with Gasteiger partial charge in [-0.2, -0.15) is 26.3 Å². The highest BCUT2D eigenvalue weighted by Crippen LogP contribution is 2.41. The second kappa shape index (κ2) is 12.0. The molecule has 15 heteroatoms. The molecular formula is C22H22F6N4O5. The van der Waals surface area contributed by atoms with E-state index in [0.29, 0.717) is 6.42 Å². The summed E-state index contributed by atoms with van der Waals surface area (Å²) in [6.45, 7) is 3.66. The number of aliphatic carboxylic acids is 2. The average Bonchev–Trinajstić information content (AvgIpc) is 3.36. The lowest BCUT2D eigenvalue weighted by atomic mass is 9.86. The Hall–Kier alpha value is -3.75. The molecule has 1 spiro atoms. The fraction of sp³-hybridized carbons (Fsp3) is 0.409. The van der Waals surface area contributed by atoms with Crippen molar-refractivity contribution in [3.05, 3.63) is 54.6 Å². The monoisotopic (exact) mass is 536 g/mol. The number of anilines is 1. The summed E-state index contributed by atoms with van der Waals surface area (Å²) in [4.78, 5) is 43.1. The number of carbonyl (C=O) groups excluding carboxylic acids is 1. The Morgan fingerprint density at radius 1 is 0.946 bits per heavy atom. The van der Waals surface area contributed by atoms with Crippen LogP contribution in [-0.2, 0) is 20.9 Å².